The first kappa shape index (κ1) is 26.1. The third-order valence-electron chi connectivity index (χ3n) is 5.71. The molecule has 3 rings (SSSR count). The normalized spacial score (nSPS) is 15.2. The molecule has 0 bridgehead atoms. The van der Waals surface area contributed by atoms with E-state index >= 15 is 0 Å². The lowest BCUT2D eigenvalue weighted by molar-refractivity contribution is -0.138. The van der Waals surface area contributed by atoms with Crippen LogP contribution in [0.5, 0.6) is 0 Å². The smallest absolute Gasteiger partial charge is 0.230 e. The van der Waals surface area contributed by atoms with Crippen molar-refractivity contribution in [2.45, 2.75) is 39.0 Å². The zero-order valence-corrected chi connectivity index (χ0v) is 21.4. The molecule has 2 aromatic rings. The molecule has 1 fully saturated rings. The third kappa shape index (κ3) is 6.66. The van der Waals surface area contributed by atoms with E-state index in [-0.39, 0.29) is 41.1 Å². The Bertz CT molecular complexity index is 890. The van der Waals surface area contributed by atoms with Crippen LogP contribution in [0.2, 0.25) is 0 Å². The van der Waals surface area contributed by atoms with E-state index in [1.165, 1.54) is 12.1 Å². The second-order valence-corrected chi connectivity index (χ2v) is 8.29. The van der Waals surface area contributed by atoms with Gasteiger partial charge in [0.05, 0.1) is 23.3 Å². The number of aliphatic imine (C=N–C) groups is 1. The Hall–Kier alpha value is -2.17. The molecule has 2 N–H and O–H groups in total. The lowest BCUT2D eigenvalue weighted by Gasteiger charge is -2.29. The predicted molar refractivity (Wildman–Crippen MR) is 136 cm³/mol. The van der Waals surface area contributed by atoms with Gasteiger partial charge in [-0.2, -0.15) is 5.10 Å². The summed E-state index contributed by atoms with van der Waals surface area (Å²) in [6.45, 7) is 3.94. The minimum atomic E-state index is -0.375. The van der Waals surface area contributed by atoms with E-state index < -0.39 is 0 Å². The number of nitrogens with one attached hydrogen (secondary N) is 2. The fourth-order valence-corrected chi connectivity index (χ4v) is 4.08. The van der Waals surface area contributed by atoms with Gasteiger partial charge in [0, 0.05) is 39.8 Å². The SMILES string of the molecule is CCNC(=NCC1(C(=O)N(C)C)CCCC1)NCCc1ccn(-c2ccc(F)cc2)n1.I. The van der Waals surface area contributed by atoms with Crippen LogP contribution in [0.4, 0.5) is 4.39 Å². The summed E-state index contributed by atoms with van der Waals surface area (Å²) >= 11 is 0. The average Bonchev–Trinajstić information content (AvgIpc) is 3.42. The fourth-order valence-electron chi connectivity index (χ4n) is 4.08. The van der Waals surface area contributed by atoms with Gasteiger partial charge in [0.15, 0.2) is 5.96 Å². The molecular weight excluding hydrogens is 522 g/mol. The highest BCUT2D eigenvalue weighted by Crippen LogP contribution is 2.39. The maximum atomic E-state index is 13.1. The van der Waals surface area contributed by atoms with Crippen LogP contribution < -0.4 is 10.6 Å². The number of benzene rings is 1. The number of amides is 1. The highest BCUT2D eigenvalue weighted by atomic mass is 127. The Morgan fingerprint density at radius 1 is 1.19 bits per heavy atom. The maximum absolute atomic E-state index is 13.1. The van der Waals surface area contributed by atoms with Crippen LogP contribution in [0.15, 0.2) is 41.5 Å². The molecule has 1 aromatic carbocycles. The molecule has 176 valence electrons. The molecule has 1 heterocycles. The fraction of sp³-hybridized carbons (Fsp3) is 0.522. The molecule has 0 unspecified atom stereocenters. The summed E-state index contributed by atoms with van der Waals surface area (Å²) in [6, 6.07) is 8.21. The van der Waals surface area contributed by atoms with Crippen molar-refractivity contribution >= 4 is 35.8 Å². The van der Waals surface area contributed by atoms with Crippen molar-refractivity contribution in [3.63, 3.8) is 0 Å². The topological polar surface area (TPSA) is 74.6 Å². The number of hydrogen-bond donors (Lipinski definition) is 2. The minimum Gasteiger partial charge on any atom is -0.357 e. The molecule has 9 heteroatoms. The lowest BCUT2D eigenvalue weighted by Crippen LogP contribution is -2.43. The molecule has 0 radical (unpaired) electrons. The molecule has 1 saturated carbocycles. The van der Waals surface area contributed by atoms with Crippen molar-refractivity contribution in [2.75, 3.05) is 33.7 Å². The molecule has 7 nitrogen and oxygen atoms in total. The van der Waals surface area contributed by atoms with Gasteiger partial charge in [-0.15, -0.1) is 24.0 Å². The molecule has 32 heavy (non-hydrogen) atoms. The van der Waals surface area contributed by atoms with Crippen LogP contribution >= 0.6 is 24.0 Å². The summed E-state index contributed by atoms with van der Waals surface area (Å²) in [6.07, 6.45) is 6.55. The lowest BCUT2D eigenvalue weighted by atomic mass is 9.85. The van der Waals surface area contributed by atoms with E-state index in [0.717, 1.165) is 56.0 Å². The van der Waals surface area contributed by atoms with Crippen LogP contribution in [-0.4, -0.2) is 60.3 Å². The maximum Gasteiger partial charge on any atom is 0.230 e. The van der Waals surface area contributed by atoms with E-state index in [4.69, 9.17) is 4.99 Å². The second-order valence-electron chi connectivity index (χ2n) is 8.29. The summed E-state index contributed by atoms with van der Waals surface area (Å²) in [4.78, 5) is 19.2. The molecule has 0 atom stereocenters. The number of carbonyl (C=O) groups is 1. The molecular formula is C23H34FIN6O. The zero-order valence-electron chi connectivity index (χ0n) is 19.1. The quantitative estimate of drug-likeness (QED) is 0.297. The first-order valence-electron chi connectivity index (χ1n) is 11.0. The molecule has 0 aliphatic heterocycles. The number of guanidine groups is 1. The van der Waals surface area contributed by atoms with Crippen LogP contribution in [0.25, 0.3) is 5.69 Å². The van der Waals surface area contributed by atoms with Crippen LogP contribution in [0, 0.1) is 11.2 Å². The Morgan fingerprint density at radius 3 is 2.50 bits per heavy atom. The Kier molecular flexibility index (Phi) is 9.92. The predicted octanol–water partition coefficient (Wildman–Crippen LogP) is 3.38. The van der Waals surface area contributed by atoms with Gasteiger partial charge in [-0.05, 0) is 50.1 Å². The summed E-state index contributed by atoms with van der Waals surface area (Å²) in [5.41, 5.74) is 1.38. The van der Waals surface area contributed by atoms with Gasteiger partial charge >= 0.3 is 0 Å². The molecule has 1 aliphatic carbocycles. The average molecular weight is 556 g/mol. The van der Waals surface area contributed by atoms with Crippen molar-refractivity contribution in [2.24, 2.45) is 10.4 Å². The van der Waals surface area contributed by atoms with E-state index in [0.29, 0.717) is 13.1 Å². The van der Waals surface area contributed by atoms with Gasteiger partial charge in [-0.25, -0.2) is 9.07 Å². The van der Waals surface area contributed by atoms with E-state index in [2.05, 4.69) is 15.7 Å². The molecule has 0 spiro atoms. The van der Waals surface area contributed by atoms with Gasteiger partial charge in [0.1, 0.15) is 5.82 Å². The zero-order chi connectivity index (χ0) is 22.3. The number of carbonyl (C=O) groups excluding carboxylic acids is 1. The summed E-state index contributed by atoms with van der Waals surface area (Å²) in [5, 5.41) is 11.2. The van der Waals surface area contributed by atoms with Crippen LogP contribution in [0.1, 0.15) is 38.3 Å². The monoisotopic (exact) mass is 556 g/mol. The number of halogens is 2. The summed E-state index contributed by atoms with van der Waals surface area (Å²) < 4.78 is 14.8. The van der Waals surface area contributed by atoms with E-state index in [9.17, 15) is 9.18 Å². The Labute approximate surface area is 206 Å². The highest BCUT2D eigenvalue weighted by Gasteiger charge is 2.42. The van der Waals surface area contributed by atoms with Crippen molar-refractivity contribution < 1.29 is 9.18 Å². The van der Waals surface area contributed by atoms with E-state index in [1.807, 2.05) is 33.3 Å². The first-order valence-corrected chi connectivity index (χ1v) is 11.0. The van der Waals surface area contributed by atoms with Gasteiger partial charge in [0.25, 0.3) is 0 Å². The van der Waals surface area contributed by atoms with Gasteiger partial charge in [-0.3, -0.25) is 9.79 Å². The molecule has 0 saturated heterocycles. The number of hydrogen-bond acceptors (Lipinski definition) is 3. The Morgan fingerprint density at radius 2 is 1.88 bits per heavy atom. The first-order chi connectivity index (χ1) is 14.9. The van der Waals surface area contributed by atoms with Crippen molar-refractivity contribution in [1.29, 1.82) is 0 Å². The van der Waals surface area contributed by atoms with E-state index in [1.54, 1.807) is 21.7 Å². The van der Waals surface area contributed by atoms with Crippen molar-refractivity contribution in [3.05, 3.63) is 48.0 Å². The standard InChI is InChI=1S/C23H33FN6O.HI/c1-4-25-22(27-17-23(13-5-6-14-23)21(31)29(2)3)26-15-11-19-12-16-30(28-19)20-9-7-18(24)8-10-20;/h7-10,12,16H,4-6,11,13-15,17H2,1-3H3,(H2,25,26,27);1H. The molecule has 1 aliphatic rings. The van der Waals surface area contributed by atoms with Crippen LogP contribution in [-0.2, 0) is 11.2 Å². The van der Waals surface area contributed by atoms with Crippen molar-refractivity contribution in [3.8, 4) is 5.69 Å². The minimum absolute atomic E-state index is 0. The number of nitrogens with zero attached hydrogens (tertiary/aromatic N) is 4. The van der Waals surface area contributed by atoms with Crippen LogP contribution in [0.3, 0.4) is 0 Å². The molecule has 1 amide bonds. The Balaban J connectivity index is 0.00000363. The van der Waals surface area contributed by atoms with Crippen molar-refractivity contribution in [1.82, 2.24) is 25.3 Å². The summed E-state index contributed by atoms with van der Waals surface area (Å²) in [5.74, 6) is 0.636. The summed E-state index contributed by atoms with van der Waals surface area (Å²) in [7, 11) is 3.64. The van der Waals surface area contributed by atoms with Gasteiger partial charge < -0.3 is 15.5 Å². The van der Waals surface area contributed by atoms with Gasteiger partial charge in [-0.1, -0.05) is 12.8 Å². The second kappa shape index (κ2) is 12.2. The number of aromatic nitrogens is 2. The third-order valence-corrected chi connectivity index (χ3v) is 5.71. The van der Waals surface area contributed by atoms with Gasteiger partial charge in [0.2, 0.25) is 5.91 Å². The highest BCUT2D eigenvalue weighted by molar-refractivity contribution is 14.0. The number of rotatable bonds is 8. The largest absolute Gasteiger partial charge is 0.357 e. The molecule has 1 aromatic heterocycles.